The Hall–Kier alpha value is -3.42. The highest BCUT2D eigenvalue weighted by Gasteiger charge is 2.47. The fourth-order valence-electron chi connectivity index (χ4n) is 8.58. The normalized spacial score (nSPS) is 26.1. The topological polar surface area (TPSA) is 158 Å². The van der Waals surface area contributed by atoms with Crippen molar-refractivity contribution in [3.8, 4) is 51.4 Å². The Morgan fingerprint density at radius 3 is 2.49 bits per heavy atom. The third kappa shape index (κ3) is 7.25. The molecule has 0 unspecified atom stereocenters. The van der Waals surface area contributed by atoms with Gasteiger partial charge in [0.05, 0.1) is 26.9 Å². The quantitative estimate of drug-likeness (QED) is 0.0892. The smallest absolute Gasteiger partial charge is 0.207 e. The molecule has 286 valence electrons. The van der Waals surface area contributed by atoms with E-state index in [-0.39, 0.29) is 60.0 Å². The molecule has 0 radical (unpaired) electrons. The molecule has 2 aliphatic carbocycles. The Balaban J connectivity index is 1.44. The van der Waals surface area contributed by atoms with E-state index in [0.717, 1.165) is 59.9 Å². The number of aliphatic hydroxyl groups is 3. The maximum atomic E-state index is 12.5. The highest BCUT2D eigenvalue weighted by Crippen LogP contribution is 2.61. The Kier molecular flexibility index (Phi) is 11.5. The van der Waals surface area contributed by atoms with E-state index < -0.39 is 24.0 Å². The van der Waals surface area contributed by atoms with Crippen LogP contribution in [0, 0.1) is 11.8 Å². The van der Waals surface area contributed by atoms with Crippen molar-refractivity contribution in [2.75, 3.05) is 39.3 Å². The number of rotatable bonds is 10. The molecule has 4 bridgehead atoms. The third-order valence-electron chi connectivity index (χ3n) is 11.2. The molecule has 53 heavy (non-hydrogen) atoms. The van der Waals surface area contributed by atoms with Gasteiger partial charge in [-0.1, -0.05) is 53.7 Å². The summed E-state index contributed by atoms with van der Waals surface area (Å²) in [5.41, 5.74) is 4.37. The highest BCUT2D eigenvalue weighted by molar-refractivity contribution is 8.77. The summed E-state index contributed by atoms with van der Waals surface area (Å²) >= 11 is 0. The zero-order valence-electron chi connectivity index (χ0n) is 30.4. The molecule has 3 aromatic rings. The van der Waals surface area contributed by atoms with Crippen molar-refractivity contribution in [2.45, 2.75) is 81.2 Å². The minimum absolute atomic E-state index is 0.0108. The van der Waals surface area contributed by atoms with Crippen molar-refractivity contribution in [1.82, 2.24) is 0 Å². The van der Waals surface area contributed by atoms with Crippen LogP contribution in [0.25, 0.3) is 11.1 Å². The van der Waals surface area contributed by atoms with Crippen LogP contribution in [0.15, 0.2) is 42.5 Å². The molecule has 2 aliphatic heterocycles. The van der Waals surface area contributed by atoms with Crippen LogP contribution in [-0.4, -0.2) is 81.3 Å². The lowest BCUT2D eigenvalue weighted by Gasteiger charge is -2.43. The molecule has 0 saturated heterocycles. The molecule has 12 heteroatoms. The molecular formula is C41H50O10S2. The molecule has 6 N–H and O–H groups in total. The molecule has 7 atom stereocenters. The first kappa shape index (κ1) is 37.9. The molecule has 0 aromatic heterocycles. The van der Waals surface area contributed by atoms with Gasteiger partial charge in [0.25, 0.3) is 0 Å². The molecule has 7 rings (SSSR count). The molecule has 0 spiro atoms. The van der Waals surface area contributed by atoms with Gasteiger partial charge in [-0.15, -0.1) is 0 Å². The first-order valence-corrected chi connectivity index (χ1v) is 21.0. The summed E-state index contributed by atoms with van der Waals surface area (Å²) in [6, 6.07) is 8.64. The number of phenolic OH excluding ortho intramolecular Hbond substituents is 3. The predicted molar refractivity (Wildman–Crippen MR) is 207 cm³/mol. The summed E-state index contributed by atoms with van der Waals surface area (Å²) in [6.45, 7) is 4.07. The highest BCUT2D eigenvalue weighted by atomic mass is 33.1. The van der Waals surface area contributed by atoms with Crippen molar-refractivity contribution in [3.05, 3.63) is 64.7 Å². The maximum Gasteiger partial charge on any atom is 0.207 e. The Morgan fingerprint density at radius 1 is 0.925 bits per heavy atom. The van der Waals surface area contributed by atoms with E-state index in [4.69, 9.17) is 18.9 Å². The number of methoxy groups -OCH3 is 1. The monoisotopic (exact) mass is 766 g/mol. The predicted octanol–water partition coefficient (Wildman–Crippen LogP) is 7.54. The molecule has 10 nitrogen and oxygen atoms in total. The third-order valence-corrected chi connectivity index (χ3v) is 14.0. The van der Waals surface area contributed by atoms with E-state index in [1.807, 2.05) is 6.07 Å². The average molecular weight is 767 g/mol. The first-order chi connectivity index (χ1) is 25.6. The standard InChI is InChI=1S/C41H50O10S2/c1-21(2)11-13-49-33-17-28(37(45)41(48-3)39(33)47)40-38(46)30-20-52-53-24-6-4-5-22(15-24)7-9-25-27-16-23(44)8-10-26(27)34-31(50-14-12-42)18-32(51-40)35(30)36(34)29(25)19-43/h4,6,8,10,16-18,21-22,24-25,29-30,38,40,42-47H,5,7,9,11-15,19-20H2,1-3H3/t22-,24+,25-,29+,30-,38+,40-/m0/s1. The van der Waals surface area contributed by atoms with Gasteiger partial charge < -0.3 is 49.6 Å². The molecule has 0 amide bonds. The Labute approximate surface area is 318 Å². The van der Waals surface area contributed by atoms with Crippen LogP contribution in [0.2, 0.25) is 0 Å². The van der Waals surface area contributed by atoms with E-state index in [9.17, 15) is 30.6 Å². The lowest BCUT2D eigenvalue weighted by Crippen LogP contribution is -2.38. The molecule has 3 aromatic carbocycles. The maximum absolute atomic E-state index is 12.5. The second-order valence-electron chi connectivity index (χ2n) is 14.9. The van der Waals surface area contributed by atoms with Gasteiger partial charge >= 0.3 is 0 Å². The van der Waals surface area contributed by atoms with E-state index in [2.05, 4.69) is 26.0 Å². The number of ether oxygens (including phenoxy) is 4. The van der Waals surface area contributed by atoms with Crippen LogP contribution in [0.1, 0.15) is 92.1 Å². The number of phenols is 3. The second-order valence-corrected chi connectivity index (χ2v) is 17.6. The van der Waals surface area contributed by atoms with Gasteiger partial charge in [-0.25, -0.2) is 0 Å². The fraction of sp³-hybridized carbons (Fsp3) is 0.512. The fourth-order valence-corrected chi connectivity index (χ4v) is 11.5. The van der Waals surface area contributed by atoms with Crippen LogP contribution in [0.5, 0.6) is 40.2 Å². The summed E-state index contributed by atoms with van der Waals surface area (Å²) in [6.07, 6.45) is 6.77. The Morgan fingerprint density at radius 2 is 1.74 bits per heavy atom. The van der Waals surface area contributed by atoms with Crippen molar-refractivity contribution in [2.24, 2.45) is 11.8 Å². The number of aliphatic hydroxyl groups excluding tert-OH is 3. The lowest BCUT2D eigenvalue weighted by molar-refractivity contribution is 0.00260. The minimum Gasteiger partial charge on any atom is -0.508 e. The van der Waals surface area contributed by atoms with E-state index in [1.54, 1.807) is 39.8 Å². The summed E-state index contributed by atoms with van der Waals surface area (Å²) in [4.78, 5) is 0. The van der Waals surface area contributed by atoms with Crippen LogP contribution in [-0.2, 0) is 0 Å². The van der Waals surface area contributed by atoms with Gasteiger partial charge in [-0.2, -0.15) is 0 Å². The van der Waals surface area contributed by atoms with Gasteiger partial charge in [-0.05, 0) is 84.7 Å². The zero-order chi connectivity index (χ0) is 37.4. The summed E-state index contributed by atoms with van der Waals surface area (Å²) in [5.74, 6) is 0.516. The van der Waals surface area contributed by atoms with Crippen molar-refractivity contribution in [1.29, 1.82) is 0 Å². The van der Waals surface area contributed by atoms with Crippen LogP contribution < -0.4 is 18.9 Å². The molecule has 0 saturated carbocycles. The largest absolute Gasteiger partial charge is 0.508 e. The summed E-state index contributed by atoms with van der Waals surface area (Å²) in [5, 5.41) is 67.3. The van der Waals surface area contributed by atoms with Gasteiger partial charge in [0.2, 0.25) is 11.5 Å². The van der Waals surface area contributed by atoms with Gasteiger partial charge in [0, 0.05) is 45.6 Å². The number of fused-ring (bicyclic) bond motifs is 6. The van der Waals surface area contributed by atoms with Crippen LogP contribution in [0.4, 0.5) is 0 Å². The zero-order valence-corrected chi connectivity index (χ0v) is 32.0. The van der Waals surface area contributed by atoms with Crippen molar-refractivity contribution in [3.63, 3.8) is 0 Å². The van der Waals surface area contributed by atoms with E-state index >= 15 is 0 Å². The van der Waals surface area contributed by atoms with Crippen molar-refractivity contribution < 1.29 is 49.6 Å². The van der Waals surface area contributed by atoms with Gasteiger partial charge in [0.15, 0.2) is 17.6 Å². The number of hydrogen-bond acceptors (Lipinski definition) is 12. The SMILES string of the molecule is COc1c(O)c(OCCC(C)C)cc([C@@H]2Oc3cc(OCCO)c4c5c3[C@H](CSS[C@@H]3C=CC[C@@H](CC[C@@H](c6cc(O)ccc6-4)[C@H]5CO)C3)[C@H]2O)c1O. The first-order valence-electron chi connectivity index (χ1n) is 18.6. The summed E-state index contributed by atoms with van der Waals surface area (Å²) in [7, 11) is 4.83. The van der Waals surface area contributed by atoms with Crippen LogP contribution >= 0.6 is 21.6 Å². The van der Waals surface area contributed by atoms with Crippen LogP contribution in [0.3, 0.4) is 0 Å². The van der Waals surface area contributed by atoms with E-state index in [1.165, 1.54) is 13.2 Å². The number of hydrogen-bond donors (Lipinski definition) is 6. The molecule has 0 fully saturated rings. The number of allylic oxidation sites excluding steroid dienone is 1. The van der Waals surface area contributed by atoms with E-state index in [0.29, 0.717) is 40.9 Å². The lowest BCUT2D eigenvalue weighted by atomic mass is 9.65. The second kappa shape index (κ2) is 16.1. The molecule has 2 heterocycles. The number of benzene rings is 3. The average Bonchev–Trinajstić information content (AvgIpc) is 3.14. The number of aromatic hydroxyl groups is 3. The molecular weight excluding hydrogens is 717 g/mol. The van der Waals surface area contributed by atoms with Gasteiger partial charge in [-0.3, -0.25) is 0 Å². The Bertz CT molecular complexity index is 1830. The summed E-state index contributed by atoms with van der Waals surface area (Å²) < 4.78 is 24.5. The minimum atomic E-state index is -1.17. The molecule has 4 aliphatic rings. The van der Waals surface area contributed by atoms with Crippen molar-refractivity contribution >= 4 is 21.6 Å². The van der Waals surface area contributed by atoms with Gasteiger partial charge in [0.1, 0.15) is 30.0 Å².